The first-order chi connectivity index (χ1) is 7.71. The van der Waals surface area contributed by atoms with E-state index >= 15 is 0 Å². The predicted molar refractivity (Wildman–Crippen MR) is 61.8 cm³/mol. The number of aldehydes is 1. The number of ketones is 1. The van der Waals surface area contributed by atoms with Crippen LogP contribution in [0.4, 0.5) is 0 Å². The third-order valence-corrected chi connectivity index (χ3v) is 2.37. The first-order valence-corrected chi connectivity index (χ1v) is 5.45. The Morgan fingerprint density at radius 2 is 1.94 bits per heavy atom. The van der Waals surface area contributed by atoms with Gasteiger partial charge in [-0.1, -0.05) is 13.8 Å². The fourth-order valence-corrected chi connectivity index (χ4v) is 1.39. The van der Waals surface area contributed by atoms with Crippen LogP contribution in [0.2, 0.25) is 0 Å². The predicted octanol–water partition coefficient (Wildman–Crippen LogP) is 2.64. The average molecular weight is 220 g/mol. The van der Waals surface area contributed by atoms with Crippen LogP contribution in [0.1, 0.15) is 37.0 Å². The van der Waals surface area contributed by atoms with E-state index in [1.54, 1.807) is 24.3 Å². The topological polar surface area (TPSA) is 43.4 Å². The van der Waals surface area contributed by atoms with Gasteiger partial charge in [0.2, 0.25) is 0 Å². The number of hydrogen-bond acceptors (Lipinski definition) is 3. The largest absolute Gasteiger partial charge is 0.483 e. The third kappa shape index (κ3) is 3.19. The van der Waals surface area contributed by atoms with Crippen molar-refractivity contribution in [1.82, 2.24) is 0 Å². The Morgan fingerprint density at radius 1 is 1.31 bits per heavy atom. The molecule has 0 N–H and O–H groups in total. The summed E-state index contributed by atoms with van der Waals surface area (Å²) < 4.78 is 5.55. The Balaban J connectivity index is 2.70. The number of benzene rings is 1. The Hall–Kier alpha value is -1.64. The lowest BCUT2D eigenvalue weighted by Crippen LogP contribution is -2.25. The Labute approximate surface area is 95.4 Å². The molecule has 3 nitrogen and oxygen atoms in total. The van der Waals surface area contributed by atoms with Gasteiger partial charge in [-0.05, 0) is 30.7 Å². The number of hydrogen-bond donors (Lipinski definition) is 0. The van der Waals surface area contributed by atoms with E-state index in [0.717, 1.165) is 6.29 Å². The van der Waals surface area contributed by atoms with Crippen molar-refractivity contribution in [1.29, 1.82) is 0 Å². The molecule has 0 aromatic heterocycles. The molecular formula is C13H16O3. The molecule has 0 amide bonds. The van der Waals surface area contributed by atoms with Crippen molar-refractivity contribution < 1.29 is 14.3 Å². The van der Waals surface area contributed by atoms with E-state index in [2.05, 4.69) is 0 Å². The molecule has 0 heterocycles. The van der Waals surface area contributed by atoms with Gasteiger partial charge in [0.25, 0.3) is 0 Å². The maximum Gasteiger partial charge on any atom is 0.172 e. The molecule has 0 bridgehead atoms. The van der Waals surface area contributed by atoms with Crippen LogP contribution in [-0.2, 0) is 4.79 Å². The standard InChI is InChI=1S/C13H16O3/c1-3-12(15)13(4-2)16-11-7-5-10(9-14)6-8-11/h5-9,13H,3-4H2,1-2H3. The zero-order valence-electron chi connectivity index (χ0n) is 9.60. The Kier molecular flexibility index (Phi) is 4.70. The van der Waals surface area contributed by atoms with Crippen molar-refractivity contribution in [2.75, 3.05) is 0 Å². The third-order valence-electron chi connectivity index (χ3n) is 2.37. The van der Waals surface area contributed by atoms with Crippen LogP contribution < -0.4 is 4.74 Å². The maximum absolute atomic E-state index is 11.5. The van der Waals surface area contributed by atoms with E-state index in [-0.39, 0.29) is 11.9 Å². The second kappa shape index (κ2) is 6.05. The van der Waals surface area contributed by atoms with Gasteiger partial charge in [-0.25, -0.2) is 0 Å². The van der Waals surface area contributed by atoms with E-state index in [1.165, 1.54) is 0 Å². The van der Waals surface area contributed by atoms with Crippen LogP contribution >= 0.6 is 0 Å². The lowest BCUT2D eigenvalue weighted by Gasteiger charge is -2.15. The van der Waals surface area contributed by atoms with E-state index < -0.39 is 0 Å². The first kappa shape index (κ1) is 12.4. The highest BCUT2D eigenvalue weighted by atomic mass is 16.5. The Bertz CT molecular complexity index is 354. The zero-order valence-corrected chi connectivity index (χ0v) is 9.60. The molecule has 0 saturated heterocycles. The zero-order chi connectivity index (χ0) is 12.0. The second-order valence-corrected chi connectivity index (χ2v) is 3.52. The number of rotatable bonds is 6. The van der Waals surface area contributed by atoms with Gasteiger partial charge in [0.1, 0.15) is 12.0 Å². The maximum atomic E-state index is 11.5. The lowest BCUT2D eigenvalue weighted by atomic mass is 10.1. The number of Topliss-reactive ketones (excluding diaryl/α,β-unsaturated/α-hetero) is 1. The summed E-state index contributed by atoms with van der Waals surface area (Å²) in [6, 6.07) is 6.75. The van der Waals surface area contributed by atoms with E-state index in [9.17, 15) is 9.59 Å². The summed E-state index contributed by atoms with van der Waals surface area (Å²) in [5, 5.41) is 0. The van der Waals surface area contributed by atoms with Crippen LogP contribution in [0.15, 0.2) is 24.3 Å². The summed E-state index contributed by atoms with van der Waals surface area (Å²) in [5.74, 6) is 0.723. The van der Waals surface area contributed by atoms with Gasteiger partial charge < -0.3 is 4.74 Å². The smallest absolute Gasteiger partial charge is 0.172 e. The van der Waals surface area contributed by atoms with Gasteiger partial charge in [0.15, 0.2) is 11.9 Å². The number of ether oxygens (including phenoxy) is 1. The van der Waals surface area contributed by atoms with Crippen LogP contribution in [0.25, 0.3) is 0 Å². The van der Waals surface area contributed by atoms with Crippen LogP contribution in [0.5, 0.6) is 5.75 Å². The average Bonchev–Trinajstić information content (AvgIpc) is 2.35. The van der Waals surface area contributed by atoms with Crippen molar-refractivity contribution in [2.45, 2.75) is 32.8 Å². The van der Waals surface area contributed by atoms with E-state index in [1.807, 2.05) is 13.8 Å². The monoisotopic (exact) mass is 220 g/mol. The minimum absolute atomic E-state index is 0.0990. The van der Waals surface area contributed by atoms with Gasteiger partial charge in [-0.3, -0.25) is 9.59 Å². The molecule has 86 valence electrons. The highest BCUT2D eigenvalue weighted by Crippen LogP contribution is 2.15. The van der Waals surface area contributed by atoms with Gasteiger partial charge in [-0.15, -0.1) is 0 Å². The lowest BCUT2D eigenvalue weighted by molar-refractivity contribution is -0.125. The number of carbonyl (C=O) groups excluding carboxylic acids is 2. The van der Waals surface area contributed by atoms with Crippen molar-refractivity contribution >= 4 is 12.1 Å². The SMILES string of the molecule is CCC(=O)C(CC)Oc1ccc(C=O)cc1. The molecule has 1 rings (SSSR count). The van der Waals surface area contributed by atoms with E-state index in [0.29, 0.717) is 24.2 Å². The molecule has 0 aliphatic rings. The van der Waals surface area contributed by atoms with Crippen LogP contribution in [0.3, 0.4) is 0 Å². The van der Waals surface area contributed by atoms with Crippen LogP contribution in [-0.4, -0.2) is 18.2 Å². The van der Waals surface area contributed by atoms with Crippen molar-refractivity contribution in [2.24, 2.45) is 0 Å². The van der Waals surface area contributed by atoms with Gasteiger partial charge in [0.05, 0.1) is 0 Å². The molecule has 1 atom stereocenters. The summed E-state index contributed by atoms with van der Waals surface area (Å²) >= 11 is 0. The summed E-state index contributed by atoms with van der Waals surface area (Å²) in [6.07, 6.45) is 1.53. The summed E-state index contributed by atoms with van der Waals surface area (Å²) in [6.45, 7) is 3.74. The minimum Gasteiger partial charge on any atom is -0.483 e. The molecule has 1 unspecified atom stereocenters. The molecule has 0 fully saturated rings. The van der Waals surface area contributed by atoms with Gasteiger partial charge in [0, 0.05) is 12.0 Å². The molecule has 3 heteroatoms. The fraction of sp³-hybridized carbons (Fsp3) is 0.385. The molecule has 16 heavy (non-hydrogen) atoms. The summed E-state index contributed by atoms with van der Waals surface area (Å²) in [4.78, 5) is 21.9. The molecular weight excluding hydrogens is 204 g/mol. The molecule has 0 aliphatic carbocycles. The van der Waals surface area contributed by atoms with Gasteiger partial charge in [-0.2, -0.15) is 0 Å². The normalized spacial score (nSPS) is 11.9. The molecule has 0 saturated carbocycles. The highest BCUT2D eigenvalue weighted by Gasteiger charge is 2.15. The molecule has 0 spiro atoms. The Morgan fingerprint density at radius 3 is 2.38 bits per heavy atom. The first-order valence-electron chi connectivity index (χ1n) is 5.45. The second-order valence-electron chi connectivity index (χ2n) is 3.52. The van der Waals surface area contributed by atoms with Crippen molar-refractivity contribution in [3.63, 3.8) is 0 Å². The number of carbonyl (C=O) groups is 2. The summed E-state index contributed by atoms with van der Waals surface area (Å²) in [5.41, 5.74) is 0.599. The highest BCUT2D eigenvalue weighted by molar-refractivity contribution is 5.83. The molecule has 1 aromatic carbocycles. The molecule has 0 aliphatic heterocycles. The van der Waals surface area contributed by atoms with Gasteiger partial charge >= 0.3 is 0 Å². The van der Waals surface area contributed by atoms with E-state index in [4.69, 9.17) is 4.74 Å². The van der Waals surface area contributed by atoms with Crippen molar-refractivity contribution in [3.05, 3.63) is 29.8 Å². The quantitative estimate of drug-likeness (QED) is 0.692. The fourth-order valence-electron chi connectivity index (χ4n) is 1.39. The molecule has 1 aromatic rings. The molecule has 0 radical (unpaired) electrons. The summed E-state index contributed by atoms with van der Waals surface area (Å²) in [7, 11) is 0. The minimum atomic E-state index is -0.382. The van der Waals surface area contributed by atoms with Crippen molar-refractivity contribution in [3.8, 4) is 5.75 Å². The van der Waals surface area contributed by atoms with Crippen LogP contribution in [0, 0.1) is 0 Å².